The number of hydrogen-bond donors (Lipinski definition) is 0. The van der Waals surface area contributed by atoms with Crippen molar-refractivity contribution < 1.29 is 4.74 Å². The molecule has 3 atom stereocenters. The summed E-state index contributed by atoms with van der Waals surface area (Å²) in [6.07, 6.45) is 17.4. The summed E-state index contributed by atoms with van der Waals surface area (Å²) in [4.78, 5) is 0. The normalized spacial score (nSPS) is 26.0. The van der Waals surface area contributed by atoms with Gasteiger partial charge in [0.1, 0.15) is 0 Å². The molecule has 1 saturated heterocycles. The van der Waals surface area contributed by atoms with Crippen molar-refractivity contribution in [3.8, 4) is 0 Å². The van der Waals surface area contributed by atoms with E-state index in [1.165, 1.54) is 64.2 Å². The van der Waals surface area contributed by atoms with Crippen LogP contribution in [0.4, 0.5) is 0 Å². The minimum Gasteiger partial charge on any atom is -0.377 e. The topological polar surface area (TPSA) is 9.23 Å². The van der Waals surface area contributed by atoms with Crippen molar-refractivity contribution in [2.45, 2.75) is 90.6 Å². The molecule has 0 saturated carbocycles. The van der Waals surface area contributed by atoms with Crippen molar-refractivity contribution >= 4 is 0 Å². The van der Waals surface area contributed by atoms with Gasteiger partial charge in [-0.05, 0) is 31.1 Å². The van der Waals surface area contributed by atoms with Crippen LogP contribution in [-0.2, 0) is 4.74 Å². The maximum atomic E-state index is 6.04. The molecule has 1 aliphatic rings. The van der Waals surface area contributed by atoms with Gasteiger partial charge in [-0.15, -0.1) is 6.58 Å². The Balaban J connectivity index is 2.28. The molecule has 0 amide bonds. The lowest BCUT2D eigenvalue weighted by atomic mass is 9.82. The predicted molar refractivity (Wildman–Crippen MR) is 89.1 cm³/mol. The van der Waals surface area contributed by atoms with Crippen LogP contribution in [0.5, 0.6) is 0 Å². The maximum Gasteiger partial charge on any atom is 0.0641 e. The van der Waals surface area contributed by atoms with E-state index in [0.717, 1.165) is 24.9 Å². The standard InChI is InChI=1S/C19H36O/c1-4-7-9-10-11-12-15-18-17(14-8-5-2)16-20-19(18)13-6-3/h6,17-19H,3-5,7-16H2,1-2H3. The summed E-state index contributed by atoms with van der Waals surface area (Å²) in [7, 11) is 0. The minimum absolute atomic E-state index is 0.463. The van der Waals surface area contributed by atoms with Gasteiger partial charge in [0.25, 0.3) is 0 Å². The number of unbranched alkanes of at least 4 members (excludes halogenated alkanes) is 6. The Morgan fingerprint density at radius 1 is 0.950 bits per heavy atom. The van der Waals surface area contributed by atoms with E-state index >= 15 is 0 Å². The van der Waals surface area contributed by atoms with Gasteiger partial charge in [-0.2, -0.15) is 0 Å². The van der Waals surface area contributed by atoms with E-state index in [1.54, 1.807) is 0 Å². The zero-order valence-electron chi connectivity index (χ0n) is 13.9. The maximum absolute atomic E-state index is 6.04. The highest BCUT2D eigenvalue weighted by molar-refractivity contribution is 4.88. The molecule has 0 aromatic carbocycles. The molecule has 0 bridgehead atoms. The number of rotatable bonds is 12. The highest BCUT2D eigenvalue weighted by atomic mass is 16.5. The Kier molecular flexibility index (Phi) is 10.1. The molecule has 20 heavy (non-hydrogen) atoms. The lowest BCUT2D eigenvalue weighted by molar-refractivity contribution is 0.0899. The predicted octanol–water partition coefficient (Wildman–Crippen LogP) is 6.13. The van der Waals surface area contributed by atoms with Crippen molar-refractivity contribution in [1.82, 2.24) is 0 Å². The number of hydrogen-bond acceptors (Lipinski definition) is 1. The molecule has 118 valence electrons. The minimum atomic E-state index is 0.463. The average Bonchev–Trinajstić information content (AvgIpc) is 2.83. The van der Waals surface area contributed by atoms with Crippen LogP contribution in [0.15, 0.2) is 12.7 Å². The molecular weight excluding hydrogens is 244 g/mol. The summed E-state index contributed by atoms with van der Waals surface area (Å²) in [5.41, 5.74) is 0. The van der Waals surface area contributed by atoms with Crippen LogP contribution in [0, 0.1) is 11.8 Å². The van der Waals surface area contributed by atoms with Gasteiger partial charge >= 0.3 is 0 Å². The fourth-order valence-electron chi connectivity index (χ4n) is 3.55. The molecule has 0 radical (unpaired) electrons. The van der Waals surface area contributed by atoms with Crippen LogP contribution in [0.2, 0.25) is 0 Å². The molecule has 1 aliphatic heterocycles. The largest absolute Gasteiger partial charge is 0.377 e. The zero-order valence-corrected chi connectivity index (χ0v) is 13.9. The summed E-state index contributed by atoms with van der Waals surface area (Å²) in [5.74, 6) is 1.61. The Labute approximate surface area is 127 Å². The van der Waals surface area contributed by atoms with E-state index in [-0.39, 0.29) is 0 Å². The van der Waals surface area contributed by atoms with Gasteiger partial charge in [-0.1, -0.05) is 71.3 Å². The van der Waals surface area contributed by atoms with Gasteiger partial charge in [0.05, 0.1) is 12.7 Å². The van der Waals surface area contributed by atoms with Crippen LogP contribution in [-0.4, -0.2) is 12.7 Å². The fraction of sp³-hybridized carbons (Fsp3) is 0.895. The second kappa shape index (κ2) is 11.4. The van der Waals surface area contributed by atoms with Crippen LogP contribution in [0.3, 0.4) is 0 Å². The van der Waals surface area contributed by atoms with Gasteiger partial charge in [-0.3, -0.25) is 0 Å². The summed E-state index contributed by atoms with van der Waals surface area (Å²) in [6, 6.07) is 0. The SMILES string of the molecule is C=CCC1OCC(CCCC)C1CCCCCCCC. The molecule has 0 N–H and O–H groups in total. The van der Waals surface area contributed by atoms with E-state index < -0.39 is 0 Å². The Bertz CT molecular complexity index is 236. The first kappa shape index (κ1) is 17.8. The summed E-state index contributed by atoms with van der Waals surface area (Å²) in [6.45, 7) is 9.47. The Morgan fingerprint density at radius 3 is 2.35 bits per heavy atom. The molecular formula is C19H36O. The lowest BCUT2D eigenvalue weighted by Gasteiger charge is -2.22. The highest BCUT2D eigenvalue weighted by Crippen LogP contribution is 2.36. The highest BCUT2D eigenvalue weighted by Gasteiger charge is 2.35. The summed E-state index contributed by atoms with van der Waals surface area (Å²) in [5, 5.41) is 0. The summed E-state index contributed by atoms with van der Waals surface area (Å²) >= 11 is 0. The van der Waals surface area contributed by atoms with E-state index in [0.29, 0.717) is 6.10 Å². The average molecular weight is 280 g/mol. The van der Waals surface area contributed by atoms with Crippen molar-refractivity contribution in [2.75, 3.05) is 6.61 Å². The second-order valence-electron chi connectivity index (χ2n) is 6.52. The van der Waals surface area contributed by atoms with Crippen molar-refractivity contribution in [1.29, 1.82) is 0 Å². The molecule has 1 heteroatoms. The van der Waals surface area contributed by atoms with Crippen LogP contribution in [0.1, 0.15) is 84.5 Å². The molecule has 1 fully saturated rings. The molecule has 0 aliphatic carbocycles. The molecule has 1 heterocycles. The van der Waals surface area contributed by atoms with Gasteiger partial charge in [0.2, 0.25) is 0 Å². The third-order valence-corrected chi connectivity index (χ3v) is 4.83. The van der Waals surface area contributed by atoms with Crippen LogP contribution >= 0.6 is 0 Å². The molecule has 0 aromatic rings. The second-order valence-corrected chi connectivity index (χ2v) is 6.52. The lowest BCUT2D eigenvalue weighted by Crippen LogP contribution is -2.20. The van der Waals surface area contributed by atoms with Gasteiger partial charge in [0.15, 0.2) is 0 Å². The Hall–Kier alpha value is -0.300. The number of ether oxygens (including phenoxy) is 1. The van der Waals surface area contributed by atoms with E-state index in [4.69, 9.17) is 4.74 Å². The molecule has 1 rings (SSSR count). The Morgan fingerprint density at radius 2 is 1.65 bits per heavy atom. The third-order valence-electron chi connectivity index (χ3n) is 4.83. The fourth-order valence-corrected chi connectivity index (χ4v) is 3.55. The van der Waals surface area contributed by atoms with Crippen molar-refractivity contribution in [3.63, 3.8) is 0 Å². The van der Waals surface area contributed by atoms with Crippen LogP contribution < -0.4 is 0 Å². The first-order valence-corrected chi connectivity index (χ1v) is 9.05. The first-order chi connectivity index (χ1) is 9.83. The molecule has 0 aromatic heterocycles. The third kappa shape index (κ3) is 6.43. The smallest absolute Gasteiger partial charge is 0.0641 e. The molecule has 0 spiro atoms. The summed E-state index contributed by atoms with van der Waals surface area (Å²) < 4.78 is 6.04. The first-order valence-electron chi connectivity index (χ1n) is 9.05. The van der Waals surface area contributed by atoms with Gasteiger partial charge in [-0.25, -0.2) is 0 Å². The van der Waals surface area contributed by atoms with Crippen molar-refractivity contribution in [3.05, 3.63) is 12.7 Å². The zero-order chi connectivity index (χ0) is 14.6. The van der Waals surface area contributed by atoms with Crippen molar-refractivity contribution in [2.24, 2.45) is 11.8 Å². The van der Waals surface area contributed by atoms with E-state index in [9.17, 15) is 0 Å². The van der Waals surface area contributed by atoms with Gasteiger partial charge < -0.3 is 4.74 Å². The molecule has 3 unspecified atom stereocenters. The van der Waals surface area contributed by atoms with E-state index in [1.807, 2.05) is 6.08 Å². The monoisotopic (exact) mass is 280 g/mol. The quantitative estimate of drug-likeness (QED) is 0.308. The van der Waals surface area contributed by atoms with Crippen LogP contribution in [0.25, 0.3) is 0 Å². The molecule has 1 nitrogen and oxygen atoms in total. The van der Waals surface area contributed by atoms with E-state index in [2.05, 4.69) is 20.4 Å². The van der Waals surface area contributed by atoms with Gasteiger partial charge in [0, 0.05) is 0 Å².